The van der Waals surface area contributed by atoms with E-state index in [1.54, 1.807) is 10.6 Å². The van der Waals surface area contributed by atoms with Crippen molar-refractivity contribution in [1.29, 1.82) is 0 Å². The molecule has 1 N–H and O–H groups in total. The summed E-state index contributed by atoms with van der Waals surface area (Å²) in [7, 11) is 0. The monoisotopic (exact) mass is 281 g/mol. The highest BCUT2D eigenvalue weighted by Gasteiger charge is 2.14. The normalized spacial score (nSPS) is 16.6. The van der Waals surface area contributed by atoms with E-state index < -0.39 is 5.97 Å². The Morgan fingerprint density at radius 2 is 1.70 bits per heavy atom. The third-order valence-electron chi connectivity index (χ3n) is 3.36. The zero-order valence-corrected chi connectivity index (χ0v) is 13.4. The first-order chi connectivity index (χ1) is 9.61. The van der Waals surface area contributed by atoms with Gasteiger partial charge in [-0.1, -0.05) is 39.5 Å². The predicted molar refractivity (Wildman–Crippen MR) is 82.0 cm³/mol. The first-order valence-corrected chi connectivity index (χ1v) is 8.02. The summed E-state index contributed by atoms with van der Waals surface area (Å²) < 4.78 is 0. The number of aliphatic carboxylic acids is 1. The standard InChI is InChI=1S/C15H27N.C2H4O2/c1-3-5-7-8-9-13-16-14-10-12-15(16)11-6-4-2;1-2(3)4/h10,12,14H,3-9,11,13H2,1-2H3;1H3,(H,3,4). The molecule has 1 atom stereocenters. The van der Waals surface area contributed by atoms with Crippen LogP contribution in [0.25, 0.3) is 0 Å². The van der Waals surface area contributed by atoms with Crippen LogP contribution in [0.4, 0.5) is 0 Å². The van der Waals surface area contributed by atoms with Gasteiger partial charge < -0.3 is 9.90 Å². The first-order valence-electron chi connectivity index (χ1n) is 8.02. The molecule has 0 aromatic carbocycles. The Morgan fingerprint density at radius 3 is 2.30 bits per heavy atom. The van der Waals surface area contributed by atoms with Gasteiger partial charge in [0.25, 0.3) is 0 Å². The van der Waals surface area contributed by atoms with Gasteiger partial charge in [0.1, 0.15) is 5.70 Å². The molecule has 3 heteroatoms. The van der Waals surface area contributed by atoms with Crippen molar-refractivity contribution in [3.8, 4) is 0 Å². The van der Waals surface area contributed by atoms with E-state index in [4.69, 9.17) is 9.90 Å². The minimum atomic E-state index is -1.08. The Hall–Kier alpha value is -1.09. The summed E-state index contributed by atoms with van der Waals surface area (Å²) in [6.07, 6.45) is 17.8. The molecule has 1 aliphatic rings. The molecule has 0 amide bonds. The summed E-state index contributed by atoms with van der Waals surface area (Å²) in [5.41, 5.74) is 1.61. The number of nitrogens with one attached hydrogen (secondary N) is 1. The van der Waals surface area contributed by atoms with Crippen molar-refractivity contribution in [3.63, 3.8) is 0 Å². The minimum absolute atomic E-state index is 0.972. The molecular formula is C17H31NO2. The van der Waals surface area contributed by atoms with Crippen LogP contribution < -0.4 is 10.0 Å². The topological polar surface area (TPSA) is 44.6 Å². The molecule has 0 saturated carbocycles. The van der Waals surface area contributed by atoms with Gasteiger partial charge in [-0.2, -0.15) is 0 Å². The summed E-state index contributed by atoms with van der Waals surface area (Å²) in [6.45, 7) is 6.82. The Morgan fingerprint density at radius 1 is 1.10 bits per heavy atom. The van der Waals surface area contributed by atoms with E-state index in [2.05, 4.69) is 32.2 Å². The third kappa shape index (κ3) is 10.8. The molecule has 0 aromatic rings. The van der Waals surface area contributed by atoms with Crippen LogP contribution in [0.3, 0.4) is 0 Å². The highest BCUT2D eigenvalue weighted by atomic mass is 16.4. The van der Waals surface area contributed by atoms with Gasteiger partial charge in [-0.25, -0.2) is 0 Å². The number of unbranched alkanes of at least 4 members (excludes halogenated alkanes) is 5. The van der Waals surface area contributed by atoms with Crippen LogP contribution in [0.1, 0.15) is 72.1 Å². The molecule has 1 rings (SSSR count). The Kier molecular flexibility index (Phi) is 12.2. The second-order valence-corrected chi connectivity index (χ2v) is 5.34. The average Bonchev–Trinajstić information content (AvgIpc) is 2.83. The van der Waals surface area contributed by atoms with E-state index in [0.717, 1.165) is 6.92 Å². The van der Waals surface area contributed by atoms with Gasteiger partial charge in [0.15, 0.2) is 0 Å². The van der Waals surface area contributed by atoms with Crippen molar-refractivity contribution < 1.29 is 14.8 Å². The van der Waals surface area contributed by atoms with E-state index in [1.165, 1.54) is 57.9 Å². The first kappa shape index (κ1) is 18.9. The second kappa shape index (κ2) is 12.9. The van der Waals surface area contributed by atoms with E-state index in [0.29, 0.717) is 0 Å². The second-order valence-electron chi connectivity index (χ2n) is 5.34. The largest absolute Gasteiger partial charge is 0.550 e. The van der Waals surface area contributed by atoms with Crippen molar-refractivity contribution in [3.05, 3.63) is 24.0 Å². The third-order valence-corrected chi connectivity index (χ3v) is 3.36. The van der Waals surface area contributed by atoms with Crippen LogP contribution in [-0.4, -0.2) is 12.5 Å². The quantitative estimate of drug-likeness (QED) is 0.659. The lowest BCUT2D eigenvalue weighted by atomic mass is 10.1. The molecule has 0 radical (unpaired) electrons. The molecule has 1 aliphatic heterocycles. The molecular weight excluding hydrogens is 250 g/mol. The van der Waals surface area contributed by atoms with Crippen LogP contribution in [0, 0.1) is 0 Å². The number of carboxylic acid groups (broad SMARTS) is 1. The average molecular weight is 281 g/mol. The molecule has 1 unspecified atom stereocenters. The Bertz CT molecular complexity index is 304. The molecule has 20 heavy (non-hydrogen) atoms. The predicted octanol–water partition coefficient (Wildman–Crippen LogP) is 2.20. The molecule has 0 aliphatic carbocycles. The molecule has 116 valence electrons. The molecule has 1 heterocycles. The van der Waals surface area contributed by atoms with Crippen LogP contribution in [0.5, 0.6) is 0 Å². The summed E-state index contributed by atoms with van der Waals surface area (Å²) in [5.74, 6) is -1.08. The van der Waals surface area contributed by atoms with E-state index >= 15 is 0 Å². The van der Waals surface area contributed by atoms with Gasteiger partial charge in [0, 0.05) is 18.5 Å². The lowest BCUT2D eigenvalue weighted by Crippen LogP contribution is -3.04. The zero-order chi connectivity index (χ0) is 15.2. The summed E-state index contributed by atoms with van der Waals surface area (Å²) in [4.78, 5) is 10.5. The molecule has 0 bridgehead atoms. The van der Waals surface area contributed by atoms with Crippen molar-refractivity contribution in [2.75, 3.05) is 6.54 Å². The fourth-order valence-corrected chi connectivity index (χ4v) is 2.27. The summed E-state index contributed by atoms with van der Waals surface area (Å²) in [6, 6.07) is 0. The molecule has 0 fully saturated rings. The minimum Gasteiger partial charge on any atom is -0.550 e. The van der Waals surface area contributed by atoms with Crippen LogP contribution >= 0.6 is 0 Å². The number of quaternary nitrogens is 1. The fraction of sp³-hybridized carbons (Fsp3) is 0.706. The number of hydrogen-bond acceptors (Lipinski definition) is 2. The van der Waals surface area contributed by atoms with Crippen LogP contribution in [0.15, 0.2) is 24.0 Å². The van der Waals surface area contributed by atoms with Gasteiger partial charge >= 0.3 is 0 Å². The van der Waals surface area contributed by atoms with Crippen molar-refractivity contribution in [2.24, 2.45) is 0 Å². The number of allylic oxidation sites excluding steroid dienone is 3. The lowest BCUT2D eigenvalue weighted by Gasteiger charge is -2.14. The van der Waals surface area contributed by atoms with Crippen molar-refractivity contribution in [1.82, 2.24) is 0 Å². The number of carbonyl (C=O) groups excluding carboxylic acids is 1. The van der Waals surface area contributed by atoms with Gasteiger partial charge in [0.05, 0.1) is 12.7 Å². The smallest absolute Gasteiger partial charge is 0.112 e. The van der Waals surface area contributed by atoms with Gasteiger partial charge in [-0.05, 0) is 32.3 Å². The van der Waals surface area contributed by atoms with E-state index in [-0.39, 0.29) is 0 Å². The Labute approximate surface area is 124 Å². The highest BCUT2D eigenvalue weighted by Crippen LogP contribution is 2.05. The van der Waals surface area contributed by atoms with Gasteiger partial charge in [-0.3, -0.25) is 4.90 Å². The van der Waals surface area contributed by atoms with Crippen LogP contribution in [-0.2, 0) is 4.79 Å². The summed E-state index contributed by atoms with van der Waals surface area (Å²) >= 11 is 0. The van der Waals surface area contributed by atoms with E-state index in [1.807, 2.05) is 0 Å². The number of hydrogen-bond donors (Lipinski definition) is 1. The SMILES string of the molecule is CC(=O)[O-].CCCCCCC[NH+]1C=CC=C1CCCC. The van der Waals surface area contributed by atoms with Crippen LogP contribution in [0.2, 0.25) is 0 Å². The maximum absolute atomic E-state index is 8.89. The number of carbonyl (C=O) groups is 1. The highest BCUT2D eigenvalue weighted by molar-refractivity contribution is 5.60. The zero-order valence-electron chi connectivity index (χ0n) is 13.4. The fourth-order valence-electron chi connectivity index (χ4n) is 2.27. The van der Waals surface area contributed by atoms with Gasteiger partial charge in [-0.15, -0.1) is 0 Å². The molecule has 0 spiro atoms. The lowest BCUT2D eigenvalue weighted by molar-refractivity contribution is -0.804. The number of carboxylic acids is 1. The maximum atomic E-state index is 8.89. The molecule has 0 aromatic heterocycles. The van der Waals surface area contributed by atoms with Crippen molar-refractivity contribution in [2.45, 2.75) is 72.1 Å². The number of rotatable bonds is 9. The van der Waals surface area contributed by atoms with Gasteiger partial charge in [0.2, 0.25) is 0 Å². The summed E-state index contributed by atoms with van der Waals surface area (Å²) in [5, 5.41) is 8.89. The van der Waals surface area contributed by atoms with Crippen molar-refractivity contribution >= 4 is 5.97 Å². The maximum Gasteiger partial charge on any atom is 0.112 e. The molecule has 0 saturated heterocycles. The molecule has 3 nitrogen and oxygen atoms in total. The van der Waals surface area contributed by atoms with E-state index in [9.17, 15) is 0 Å². The Balaban J connectivity index is 0.000000796.